The number of nitrogens with zero attached hydrogens (tertiary/aromatic N) is 5. The first-order valence-corrected chi connectivity index (χ1v) is 12.3. The summed E-state index contributed by atoms with van der Waals surface area (Å²) >= 11 is 0. The molecule has 0 unspecified atom stereocenters. The van der Waals surface area contributed by atoms with E-state index in [2.05, 4.69) is 25.1 Å². The maximum atomic E-state index is 14.3. The molecule has 10 nitrogen and oxygen atoms in total. The Morgan fingerprint density at radius 2 is 1.76 bits per heavy atom. The zero-order chi connectivity index (χ0) is 23.3. The van der Waals surface area contributed by atoms with Gasteiger partial charge in [-0.1, -0.05) is 0 Å². The summed E-state index contributed by atoms with van der Waals surface area (Å²) in [5.41, 5.74) is -0.282. The summed E-state index contributed by atoms with van der Waals surface area (Å²) in [5.74, 6) is -0.694. The standard InChI is InChI=1S/C21H27FN6O4S/c22-19-3-2-17(33(30,31)28-12-14-32-15-13-28)16-18(19)20(29)23-6-7-26-8-10-27(11-9-26)21-24-4-1-5-25-21/h1-5,16H,6-15H2,(H,23,29). The van der Waals surface area contributed by atoms with Crippen LogP contribution in [0.1, 0.15) is 10.4 Å². The number of hydrogen-bond donors (Lipinski definition) is 1. The van der Waals surface area contributed by atoms with E-state index in [1.165, 1.54) is 10.4 Å². The maximum absolute atomic E-state index is 14.3. The van der Waals surface area contributed by atoms with E-state index in [0.29, 0.717) is 32.3 Å². The minimum absolute atomic E-state index is 0.102. The van der Waals surface area contributed by atoms with Crippen molar-refractivity contribution in [3.05, 3.63) is 48.0 Å². The normalized spacial score (nSPS) is 18.3. The third-order valence-electron chi connectivity index (χ3n) is 5.71. The Morgan fingerprint density at radius 1 is 1.06 bits per heavy atom. The van der Waals surface area contributed by atoms with Crippen molar-refractivity contribution in [2.24, 2.45) is 0 Å². The van der Waals surface area contributed by atoms with Gasteiger partial charge in [0.05, 0.1) is 23.7 Å². The van der Waals surface area contributed by atoms with E-state index in [9.17, 15) is 17.6 Å². The Morgan fingerprint density at radius 3 is 2.45 bits per heavy atom. The molecule has 4 rings (SSSR count). The number of halogens is 1. The number of carbonyl (C=O) groups excluding carboxylic acids is 1. The Balaban J connectivity index is 1.30. The topological polar surface area (TPSA) is 108 Å². The van der Waals surface area contributed by atoms with Crippen LogP contribution in [0.5, 0.6) is 0 Å². The predicted molar refractivity (Wildman–Crippen MR) is 119 cm³/mol. The van der Waals surface area contributed by atoms with Crippen LogP contribution in [0.3, 0.4) is 0 Å². The fraction of sp³-hybridized carbons (Fsp3) is 0.476. The van der Waals surface area contributed by atoms with Crippen LogP contribution in [-0.4, -0.2) is 99.1 Å². The molecule has 1 amide bonds. The van der Waals surface area contributed by atoms with Crippen LogP contribution in [0.25, 0.3) is 0 Å². The van der Waals surface area contributed by atoms with Gasteiger partial charge in [0.1, 0.15) is 5.82 Å². The van der Waals surface area contributed by atoms with Crippen LogP contribution < -0.4 is 10.2 Å². The largest absolute Gasteiger partial charge is 0.379 e. The highest BCUT2D eigenvalue weighted by Crippen LogP contribution is 2.20. The first-order chi connectivity index (χ1) is 15.9. The fourth-order valence-corrected chi connectivity index (χ4v) is 5.26. The van der Waals surface area contributed by atoms with Crippen molar-refractivity contribution in [2.45, 2.75) is 4.90 Å². The minimum atomic E-state index is -3.82. The number of piperazine rings is 1. The lowest BCUT2D eigenvalue weighted by Gasteiger charge is -2.34. The van der Waals surface area contributed by atoms with Crippen LogP contribution in [0, 0.1) is 5.82 Å². The Hall–Kier alpha value is -2.67. The molecule has 3 heterocycles. The van der Waals surface area contributed by atoms with E-state index >= 15 is 0 Å². The molecule has 0 saturated carbocycles. The highest BCUT2D eigenvalue weighted by atomic mass is 32.2. The van der Waals surface area contributed by atoms with Gasteiger partial charge in [0.15, 0.2) is 0 Å². The number of sulfonamides is 1. The van der Waals surface area contributed by atoms with Gasteiger partial charge in [0, 0.05) is 64.8 Å². The fourth-order valence-electron chi connectivity index (χ4n) is 3.82. The quantitative estimate of drug-likeness (QED) is 0.601. The van der Waals surface area contributed by atoms with Crippen LogP contribution in [-0.2, 0) is 14.8 Å². The zero-order valence-electron chi connectivity index (χ0n) is 18.2. The lowest BCUT2D eigenvalue weighted by molar-refractivity contribution is 0.0730. The Labute approximate surface area is 192 Å². The number of nitrogens with one attached hydrogen (secondary N) is 1. The molecule has 0 aliphatic carbocycles. The molecule has 1 N–H and O–H groups in total. The molecule has 2 aliphatic rings. The summed E-state index contributed by atoms with van der Waals surface area (Å²) in [6, 6.07) is 5.09. The summed E-state index contributed by atoms with van der Waals surface area (Å²) in [4.78, 5) is 25.3. The SMILES string of the molecule is O=C(NCCN1CCN(c2ncccn2)CC1)c1cc(S(=O)(=O)N2CCOCC2)ccc1F. The maximum Gasteiger partial charge on any atom is 0.254 e. The molecule has 0 atom stereocenters. The van der Waals surface area contributed by atoms with Gasteiger partial charge in [-0.05, 0) is 24.3 Å². The summed E-state index contributed by atoms with van der Waals surface area (Å²) in [6.07, 6.45) is 3.43. The first-order valence-electron chi connectivity index (χ1n) is 10.8. The number of anilines is 1. The number of carbonyl (C=O) groups is 1. The van der Waals surface area contributed by atoms with Crippen LogP contribution in [0.15, 0.2) is 41.6 Å². The number of benzene rings is 1. The average Bonchev–Trinajstić information content (AvgIpc) is 2.85. The Bertz CT molecular complexity index is 1060. The predicted octanol–water partition coefficient (Wildman–Crippen LogP) is 0.189. The number of hydrogen-bond acceptors (Lipinski definition) is 8. The van der Waals surface area contributed by atoms with E-state index in [1.807, 2.05) is 0 Å². The van der Waals surface area contributed by atoms with Gasteiger partial charge in [-0.25, -0.2) is 22.8 Å². The molecule has 178 valence electrons. The van der Waals surface area contributed by atoms with Crippen molar-refractivity contribution in [3.8, 4) is 0 Å². The molecule has 12 heteroatoms. The van der Waals surface area contributed by atoms with Crippen LogP contribution >= 0.6 is 0 Å². The molecule has 2 aromatic rings. The second-order valence-electron chi connectivity index (χ2n) is 7.79. The molecule has 0 bridgehead atoms. The van der Waals surface area contributed by atoms with E-state index < -0.39 is 21.7 Å². The summed E-state index contributed by atoms with van der Waals surface area (Å²) in [5, 5.41) is 2.70. The van der Waals surface area contributed by atoms with Crippen molar-refractivity contribution in [2.75, 3.05) is 70.5 Å². The van der Waals surface area contributed by atoms with E-state index in [1.54, 1.807) is 18.5 Å². The number of morpholine rings is 1. The van der Waals surface area contributed by atoms with Gasteiger partial charge < -0.3 is 15.0 Å². The van der Waals surface area contributed by atoms with Crippen molar-refractivity contribution in [1.29, 1.82) is 0 Å². The lowest BCUT2D eigenvalue weighted by Crippen LogP contribution is -2.49. The van der Waals surface area contributed by atoms with Crippen molar-refractivity contribution < 1.29 is 22.3 Å². The lowest BCUT2D eigenvalue weighted by atomic mass is 10.2. The smallest absolute Gasteiger partial charge is 0.254 e. The summed E-state index contributed by atoms with van der Waals surface area (Å²) in [6.45, 7) is 5.10. The van der Waals surface area contributed by atoms with Crippen LogP contribution in [0.2, 0.25) is 0 Å². The van der Waals surface area contributed by atoms with Gasteiger partial charge in [-0.3, -0.25) is 9.69 Å². The van der Waals surface area contributed by atoms with Gasteiger partial charge in [0.25, 0.3) is 5.91 Å². The number of ether oxygens (including phenoxy) is 1. The van der Waals surface area contributed by atoms with Gasteiger partial charge in [-0.2, -0.15) is 4.31 Å². The van der Waals surface area contributed by atoms with Crippen molar-refractivity contribution in [1.82, 2.24) is 24.5 Å². The molecular formula is C21H27FN6O4S. The van der Waals surface area contributed by atoms with Gasteiger partial charge in [0.2, 0.25) is 16.0 Å². The molecule has 33 heavy (non-hydrogen) atoms. The van der Waals surface area contributed by atoms with E-state index in [4.69, 9.17) is 4.74 Å². The Kier molecular flexibility index (Phi) is 7.48. The molecule has 0 spiro atoms. The molecule has 2 fully saturated rings. The zero-order valence-corrected chi connectivity index (χ0v) is 19.0. The molecule has 2 aliphatic heterocycles. The van der Waals surface area contributed by atoms with Crippen molar-refractivity contribution >= 4 is 21.9 Å². The number of rotatable bonds is 7. The number of aromatic nitrogens is 2. The average molecular weight is 479 g/mol. The van der Waals surface area contributed by atoms with Crippen molar-refractivity contribution in [3.63, 3.8) is 0 Å². The van der Waals surface area contributed by atoms with E-state index in [0.717, 1.165) is 38.3 Å². The molecular weight excluding hydrogens is 451 g/mol. The highest BCUT2D eigenvalue weighted by molar-refractivity contribution is 7.89. The minimum Gasteiger partial charge on any atom is -0.379 e. The highest BCUT2D eigenvalue weighted by Gasteiger charge is 2.28. The third kappa shape index (κ3) is 5.64. The first kappa shape index (κ1) is 23.5. The molecule has 1 aromatic heterocycles. The second-order valence-corrected chi connectivity index (χ2v) is 9.73. The summed E-state index contributed by atoms with van der Waals surface area (Å²) < 4.78 is 46.4. The second kappa shape index (κ2) is 10.5. The number of amides is 1. The van der Waals surface area contributed by atoms with E-state index in [-0.39, 0.29) is 23.5 Å². The monoisotopic (exact) mass is 478 g/mol. The third-order valence-corrected chi connectivity index (χ3v) is 7.61. The molecule has 1 aromatic carbocycles. The summed E-state index contributed by atoms with van der Waals surface area (Å²) in [7, 11) is -3.82. The van der Waals surface area contributed by atoms with Gasteiger partial charge >= 0.3 is 0 Å². The molecule has 2 saturated heterocycles. The molecule has 0 radical (unpaired) electrons. The van der Waals surface area contributed by atoms with Crippen LogP contribution in [0.4, 0.5) is 10.3 Å². The van der Waals surface area contributed by atoms with Gasteiger partial charge in [-0.15, -0.1) is 0 Å².